The second-order valence-electron chi connectivity index (χ2n) is 8.78. The zero-order valence-corrected chi connectivity index (χ0v) is 19.3. The second kappa shape index (κ2) is 10.1. The SMILES string of the molecule is COc1cc(O)ccc1CN1CCc2nnc(C(CC(C)C)NC(=O)c3ccco3)n2CC1. The molecule has 3 heterocycles. The van der Waals surface area contributed by atoms with Crippen LogP contribution < -0.4 is 10.1 Å². The Morgan fingerprint density at radius 2 is 2.09 bits per heavy atom. The number of carbonyl (C=O) groups excluding carboxylic acids is 1. The van der Waals surface area contributed by atoms with Crippen molar-refractivity contribution in [1.29, 1.82) is 0 Å². The van der Waals surface area contributed by atoms with Crippen LogP contribution in [0.2, 0.25) is 0 Å². The van der Waals surface area contributed by atoms with E-state index in [1.807, 2.05) is 6.07 Å². The zero-order valence-electron chi connectivity index (χ0n) is 19.3. The number of methoxy groups -OCH3 is 1. The number of aromatic hydroxyl groups is 1. The third-order valence-corrected chi connectivity index (χ3v) is 5.88. The Hall–Kier alpha value is -3.33. The first-order valence-electron chi connectivity index (χ1n) is 11.3. The number of nitrogens with one attached hydrogen (secondary N) is 1. The van der Waals surface area contributed by atoms with Gasteiger partial charge in [0.1, 0.15) is 17.3 Å². The number of fused-ring (bicyclic) bond motifs is 1. The highest BCUT2D eigenvalue weighted by Crippen LogP contribution is 2.27. The van der Waals surface area contributed by atoms with Crippen molar-refractivity contribution in [3.05, 3.63) is 59.6 Å². The predicted molar refractivity (Wildman–Crippen MR) is 122 cm³/mol. The monoisotopic (exact) mass is 453 g/mol. The molecule has 176 valence electrons. The minimum atomic E-state index is -0.257. The van der Waals surface area contributed by atoms with Crippen LogP contribution in [0.25, 0.3) is 0 Å². The van der Waals surface area contributed by atoms with Crippen molar-refractivity contribution in [3.63, 3.8) is 0 Å². The maximum atomic E-state index is 12.7. The first-order chi connectivity index (χ1) is 15.9. The van der Waals surface area contributed by atoms with Gasteiger partial charge >= 0.3 is 0 Å². The van der Waals surface area contributed by atoms with Crippen molar-refractivity contribution in [1.82, 2.24) is 25.0 Å². The van der Waals surface area contributed by atoms with Gasteiger partial charge in [0.2, 0.25) is 0 Å². The Balaban J connectivity index is 1.50. The van der Waals surface area contributed by atoms with Gasteiger partial charge in [0, 0.05) is 44.2 Å². The number of aromatic nitrogens is 3. The summed E-state index contributed by atoms with van der Waals surface area (Å²) < 4.78 is 12.8. The third-order valence-electron chi connectivity index (χ3n) is 5.88. The van der Waals surface area contributed by atoms with Crippen molar-refractivity contribution < 1.29 is 19.1 Å². The van der Waals surface area contributed by atoms with E-state index in [-0.39, 0.29) is 23.5 Å². The summed E-state index contributed by atoms with van der Waals surface area (Å²) in [6, 6.07) is 8.31. The highest BCUT2D eigenvalue weighted by Gasteiger charge is 2.27. The lowest BCUT2D eigenvalue weighted by molar-refractivity contribution is 0.0900. The van der Waals surface area contributed by atoms with Gasteiger partial charge < -0.3 is 24.1 Å². The van der Waals surface area contributed by atoms with Gasteiger partial charge in [0.05, 0.1) is 19.4 Å². The van der Waals surface area contributed by atoms with E-state index in [2.05, 4.69) is 38.8 Å². The summed E-state index contributed by atoms with van der Waals surface area (Å²) in [6.45, 7) is 7.32. The average Bonchev–Trinajstić information content (AvgIpc) is 3.42. The van der Waals surface area contributed by atoms with Gasteiger partial charge in [0.15, 0.2) is 11.6 Å². The van der Waals surface area contributed by atoms with E-state index in [1.165, 1.54) is 6.26 Å². The Morgan fingerprint density at radius 3 is 2.82 bits per heavy atom. The van der Waals surface area contributed by atoms with Gasteiger partial charge in [-0.05, 0) is 30.5 Å². The number of nitrogens with zero attached hydrogens (tertiary/aromatic N) is 4. The molecule has 3 aromatic rings. The van der Waals surface area contributed by atoms with Crippen molar-refractivity contribution in [2.45, 2.75) is 45.8 Å². The summed E-state index contributed by atoms with van der Waals surface area (Å²) in [5.74, 6) is 2.97. The summed E-state index contributed by atoms with van der Waals surface area (Å²) >= 11 is 0. The lowest BCUT2D eigenvalue weighted by Gasteiger charge is -2.22. The highest BCUT2D eigenvalue weighted by molar-refractivity contribution is 5.91. The molecular weight excluding hydrogens is 422 g/mol. The van der Waals surface area contributed by atoms with E-state index in [0.717, 1.165) is 49.7 Å². The molecule has 9 heteroatoms. The van der Waals surface area contributed by atoms with E-state index in [0.29, 0.717) is 18.2 Å². The normalized spacial score (nSPS) is 15.2. The Labute approximate surface area is 193 Å². The molecule has 0 bridgehead atoms. The molecule has 0 radical (unpaired) electrons. The average molecular weight is 454 g/mol. The van der Waals surface area contributed by atoms with E-state index in [1.54, 1.807) is 31.4 Å². The van der Waals surface area contributed by atoms with Crippen LogP contribution in [0, 0.1) is 5.92 Å². The molecule has 33 heavy (non-hydrogen) atoms. The number of furan rings is 1. The molecule has 1 amide bonds. The van der Waals surface area contributed by atoms with Crippen LogP contribution in [0.15, 0.2) is 41.0 Å². The molecule has 2 aromatic heterocycles. The van der Waals surface area contributed by atoms with Gasteiger partial charge in [0.25, 0.3) is 5.91 Å². The van der Waals surface area contributed by atoms with Crippen LogP contribution in [0.4, 0.5) is 0 Å². The maximum absolute atomic E-state index is 12.7. The first kappa shape index (κ1) is 22.8. The van der Waals surface area contributed by atoms with Crippen molar-refractivity contribution in [2.24, 2.45) is 5.92 Å². The topological polar surface area (TPSA) is 106 Å². The van der Waals surface area contributed by atoms with Crippen molar-refractivity contribution in [2.75, 3.05) is 20.2 Å². The van der Waals surface area contributed by atoms with Gasteiger partial charge in [-0.25, -0.2) is 0 Å². The molecule has 0 fully saturated rings. The summed E-state index contributed by atoms with van der Waals surface area (Å²) in [7, 11) is 1.61. The van der Waals surface area contributed by atoms with Gasteiger partial charge in [-0.2, -0.15) is 0 Å². The standard InChI is InChI=1S/C24H31N5O4/c1-16(2)13-19(25-24(31)20-5-4-12-33-20)23-27-26-22-8-9-28(10-11-29(22)23)15-17-6-7-18(30)14-21(17)32-3/h4-7,12,14,16,19,30H,8-11,13,15H2,1-3H3,(H,25,31). The predicted octanol–water partition coefficient (Wildman–Crippen LogP) is 3.16. The quantitative estimate of drug-likeness (QED) is 0.540. The first-order valence-corrected chi connectivity index (χ1v) is 11.3. The van der Waals surface area contributed by atoms with Crippen LogP contribution in [0.5, 0.6) is 11.5 Å². The Bertz CT molecular complexity index is 1080. The Kier molecular flexibility index (Phi) is 6.98. The number of phenolic OH excluding ortho intramolecular Hbond substituents is 1. The largest absolute Gasteiger partial charge is 0.508 e. The van der Waals surface area contributed by atoms with E-state index in [4.69, 9.17) is 9.15 Å². The molecule has 1 aliphatic rings. The van der Waals surface area contributed by atoms with E-state index >= 15 is 0 Å². The number of benzene rings is 1. The highest BCUT2D eigenvalue weighted by atomic mass is 16.5. The third kappa shape index (κ3) is 5.36. The van der Waals surface area contributed by atoms with Crippen LogP contribution in [0.3, 0.4) is 0 Å². The molecule has 1 atom stereocenters. The minimum absolute atomic E-state index is 0.190. The van der Waals surface area contributed by atoms with E-state index < -0.39 is 0 Å². The summed E-state index contributed by atoms with van der Waals surface area (Å²) in [6.07, 6.45) is 3.00. The number of carbonyl (C=O) groups is 1. The summed E-state index contributed by atoms with van der Waals surface area (Å²) in [5, 5.41) is 21.7. The molecular formula is C24H31N5O4. The van der Waals surface area contributed by atoms with Gasteiger partial charge in [-0.3, -0.25) is 9.69 Å². The second-order valence-corrected chi connectivity index (χ2v) is 8.78. The smallest absolute Gasteiger partial charge is 0.287 e. The van der Waals surface area contributed by atoms with Crippen LogP contribution in [0.1, 0.15) is 54.1 Å². The molecule has 0 saturated carbocycles. The zero-order chi connectivity index (χ0) is 23.4. The molecule has 4 rings (SSSR count). The lowest BCUT2D eigenvalue weighted by atomic mass is 10.0. The molecule has 1 unspecified atom stereocenters. The fourth-order valence-corrected chi connectivity index (χ4v) is 4.25. The summed E-state index contributed by atoms with van der Waals surface area (Å²) in [4.78, 5) is 15.0. The van der Waals surface area contributed by atoms with Crippen molar-refractivity contribution >= 4 is 5.91 Å². The molecule has 0 aliphatic carbocycles. The molecule has 2 N–H and O–H groups in total. The number of phenols is 1. The van der Waals surface area contributed by atoms with Gasteiger partial charge in [-0.15, -0.1) is 10.2 Å². The Morgan fingerprint density at radius 1 is 1.24 bits per heavy atom. The van der Waals surface area contributed by atoms with Gasteiger partial charge in [-0.1, -0.05) is 19.9 Å². The molecule has 0 spiro atoms. The van der Waals surface area contributed by atoms with Crippen molar-refractivity contribution in [3.8, 4) is 11.5 Å². The van der Waals surface area contributed by atoms with E-state index in [9.17, 15) is 9.90 Å². The molecule has 0 saturated heterocycles. The molecule has 1 aliphatic heterocycles. The number of ether oxygens (including phenoxy) is 1. The molecule has 1 aromatic carbocycles. The maximum Gasteiger partial charge on any atom is 0.287 e. The van der Waals surface area contributed by atoms with Crippen LogP contribution >= 0.6 is 0 Å². The summed E-state index contributed by atoms with van der Waals surface area (Å²) in [5.41, 5.74) is 1.02. The van der Waals surface area contributed by atoms with Crippen LogP contribution in [-0.4, -0.2) is 50.9 Å². The number of hydrogen-bond acceptors (Lipinski definition) is 7. The number of amides is 1. The molecule has 9 nitrogen and oxygen atoms in total. The number of rotatable bonds is 8. The van der Waals surface area contributed by atoms with Crippen LogP contribution in [-0.2, 0) is 19.5 Å². The lowest BCUT2D eigenvalue weighted by Crippen LogP contribution is -2.32. The minimum Gasteiger partial charge on any atom is -0.508 e. The fourth-order valence-electron chi connectivity index (χ4n) is 4.25. The number of hydrogen-bond donors (Lipinski definition) is 2. The fraction of sp³-hybridized carbons (Fsp3) is 0.458.